The summed E-state index contributed by atoms with van der Waals surface area (Å²) >= 11 is 0. The van der Waals surface area contributed by atoms with Crippen LogP contribution in [0, 0.1) is 5.92 Å². The molecule has 9 heteroatoms. The minimum Gasteiger partial charge on any atom is -0.369 e. The number of alkyl halides is 3. The average molecular weight is 381 g/mol. The number of rotatable bonds is 4. The first kappa shape index (κ1) is 19.2. The van der Waals surface area contributed by atoms with Gasteiger partial charge < -0.3 is 15.5 Å². The molecule has 3 heterocycles. The van der Waals surface area contributed by atoms with E-state index in [0.29, 0.717) is 43.3 Å². The van der Waals surface area contributed by atoms with Crippen molar-refractivity contribution in [1.82, 2.24) is 20.2 Å². The Morgan fingerprint density at radius 1 is 1.26 bits per heavy atom. The first-order chi connectivity index (χ1) is 12.9. The van der Waals surface area contributed by atoms with Gasteiger partial charge in [0.2, 0.25) is 0 Å². The van der Waals surface area contributed by atoms with E-state index in [1.807, 2.05) is 6.92 Å². The molecule has 2 N–H and O–H groups in total. The van der Waals surface area contributed by atoms with Crippen molar-refractivity contribution in [3.05, 3.63) is 30.1 Å². The van der Waals surface area contributed by atoms with Crippen molar-refractivity contribution >= 4 is 22.8 Å². The number of carbonyl (C=O) groups is 1. The summed E-state index contributed by atoms with van der Waals surface area (Å²) in [6.45, 7) is 4.53. The summed E-state index contributed by atoms with van der Waals surface area (Å²) in [6.07, 6.45) is -1.28. The molecular weight excluding hydrogens is 359 g/mol. The number of likely N-dealkylation sites (tertiary alicyclic amines) is 1. The predicted octanol–water partition coefficient (Wildman–Crippen LogP) is 3.50. The number of pyridine rings is 2. The highest BCUT2D eigenvalue weighted by Gasteiger charge is 2.32. The van der Waals surface area contributed by atoms with Gasteiger partial charge in [-0.2, -0.15) is 13.2 Å². The van der Waals surface area contributed by atoms with E-state index in [1.54, 1.807) is 4.90 Å². The van der Waals surface area contributed by atoms with Gasteiger partial charge in [0.1, 0.15) is 11.5 Å². The third-order valence-corrected chi connectivity index (χ3v) is 4.69. The van der Waals surface area contributed by atoms with E-state index >= 15 is 0 Å². The van der Waals surface area contributed by atoms with Gasteiger partial charge in [0.05, 0.1) is 5.52 Å². The monoisotopic (exact) mass is 381 g/mol. The van der Waals surface area contributed by atoms with E-state index in [9.17, 15) is 18.0 Å². The quantitative estimate of drug-likeness (QED) is 0.851. The first-order valence-corrected chi connectivity index (χ1v) is 8.98. The summed E-state index contributed by atoms with van der Waals surface area (Å²) in [6, 6.07) is 3.81. The number of hydrogen-bond donors (Lipinski definition) is 2. The highest BCUT2D eigenvalue weighted by atomic mass is 19.4. The van der Waals surface area contributed by atoms with Crippen molar-refractivity contribution in [2.75, 3.05) is 31.5 Å². The van der Waals surface area contributed by atoms with Crippen molar-refractivity contribution in [2.45, 2.75) is 25.9 Å². The van der Waals surface area contributed by atoms with E-state index in [0.717, 1.165) is 18.9 Å². The zero-order valence-electron chi connectivity index (χ0n) is 15.0. The number of urea groups is 1. The fourth-order valence-corrected chi connectivity index (χ4v) is 3.20. The molecule has 0 radical (unpaired) electrons. The molecular formula is C18H22F3N5O. The van der Waals surface area contributed by atoms with E-state index in [4.69, 9.17) is 0 Å². The minimum absolute atomic E-state index is 0.0360. The van der Waals surface area contributed by atoms with E-state index < -0.39 is 11.9 Å². The smallest absolute Gasteiger partial charge is 0.369 e. The van der Waals surface area contributed by atoms with Crippen LogP contribution < -0.4 is 10.6 Å². The molecule has 1 aliphatic heterocycles. The van der Waals surface area contributed by atoms with Crippen LogP contribution >= 0.6 is 0 Å². The lowest BCUT2D eigenvalue weighted by atomic mass is 9.97. The van der Waals surface area contributed by atoms with Crippen molar-refractivity contribution in [2.24, 2.45) is 5.92 Å². The highest BCUT2D eigenvalue weighted by molar-refractivity contribution is 5.89. The third-order valence-electron chi connectivity index (χ3n) is 4.69. The number of fused-ring (bicyclic) bond motifs is 1. The molecule has 0 saturated carbocycles. The number of amides is 2. The Morgan fingerprint density at radius 2 is 2.00 bits per heavy atom. The molecule has 0 atom stereocenters. The molecule has 6 nitrogen and oxygen atoms in total. The topological polar surface area (TPSA) is 70.2 Å². The maximum Gasteiger partial charge on any atom is 0.433 e. The second-order valence-corrected chi connectivity index (χ2v) is 6.57. The van der Waals surface area contributed by atoms with Gasteiger partial charge in [0.15, 0.2) is 0 Å². The van der Waals surface area contributed by atoms with Gasteiger partial charge in [-0.05, 0) is 43.9 Å². The first-order valence-electron chi connectivity index (χ1n) is 8.98. The number of nitrogens with zero attached hydrogens (tertiary/aromatic N) is 3. The molecule has 0 bridgehead atoms. The average Bonchev–Trinajstić information content (AvgIpc) is 2.65. The maximum absolute atomic E-state index is 12.8. The van der Waals surface area contributed by atoms with Crippen molar-refractivity contribution in [1.29, 1.82) is 0 Å². The van der Waals surface area contributed by atoms with Gasteiger partial charge in [0, 0.05) is 37.8 Å². The summed E-state index contributed by atoms with van der Waals surface area (Å²) in [5.74, 6) is 0.898. The van der Waals surface area contributed by atoms with Crippen LogP contribution in [0.1, 0.15) is 25.5 Å². The number of hydrogen-bond acceptors (Lipinski definition) is 4. The molecule has 2 aromatic rings. The van der Waals surface area contributed by atoms with Gasteiger partial charge >= 0.3 is 12.2 Å². The van der Waals surface area contributed by atoms with Gasteiger partial charge in [0.25, 0.3) is 0 Å². The second-order valence-electron chi connectivity index (χ2n) is 6.57. The van der Waals surface area contributed by atoms with Crippen molar-refractivity contribution in [3.63, 3.8) is 0 Å². The number of halogens is 3. The highest BCUT2D eigenvalue weighted by Crippen LogP contribution is 2.30. The van der Waals surface area contributed by atoms with Crippen molar-refractivity contribution in [3.8, 4) is 0 Å². The van der Waals surface area contributed by atoms with Crippen LogP contribution in [0.2, 0.25) is 0 Å². The molecule has 0 aromatic carbocycles. The van der Waals surface area contributed by atoms with Crippen LogP contribution in [-0.4, -0.2) is 47.1 Å². The Kier molecular flexibility index (Phi) is 5.67. The normalized spacial score (nSPS) is 15.8. The summed E-state index contributed by atoms with van der Waals surface area (Å²) in [4.78, 5) is 21.6. The summed E-state index contributed by atoms with van der Waals surface area (Å²) < 4.78 is 38.5. The maximum atomic E-state index is 12.8. The van der Waals surface area contributed by atoms with Crippen LogP contribution in [0.5, 0.6) is 0 Å². The lowest BCUT2D eigenvalue weighted by Gasteiger charge is -2.32. The Bertz CT molecular complexity index is 803. The van der Waals surface area contributed by atoms with E-state index in [1.165, 1.54) is 18.3 Å². The molecule has 3 rings (SSSR count). The Labute approximate surface area is 155 Å². The SMILES string of the molecule is CCNC(=O)N1CCC(CNc2nccc3nc(C(F)(F)F)ccc23)CC1. The van der Waals surface area contributed by atoms with Crippen LogP contribution in [0.3, 0.4) is 0 Å². The van der Waals surface area contributed by atoms with Crippen LogP contribution in [0.25, 0.3) is 10.9 Å². The number of piperidine rings is 1. The predicted molar refractivity (Wildman–Crippen MR) is 96.4 cm³/mol. The van der Waals surface area contributed by atoms with Gasteiger partial charge in [-0.3, -0.25) is 0 Å². The van der Waals surface area contributed by atoms with Crippen LogP contribution in [0.15, 0.2) is 24.4 Å². The van der Waals surface area contributed by atoms with Crippen LogP contribution in [0.4, 0.5) is 23.8 Å². The van der Waals surface area contributed by atoms with Crippen molar-refractivity contribution < 1.29 is 18.0 Å². The minimum atomic E-state index is -4.47. The van der Waals surface area contributed by atoms with E-state index in [2.05, 4.69) is 20.6 Å². The van der Waals surface area contributed by atoms with Gasteiger partial charge in [-0.1, -0.05) is 0 Å². The number of anilines is 1. The molecule has 0 aliphatic carbocycles. The van der Waals surface area contributed by atoms with E-state index in [-0.39, 0.29) is 11.5 Å². The standard InChI is InChI=1S/C18H22F3N5O/c1-2-22-17(27)26-9-6-12(7-10-26)11-24-16-13-3-4-15(18(19,20)21)25-14(13)5-8-23-16/h3-5,8,12H,2,6-7,9-11H2,1H3,(H,22,27)(H,23,24). The Balaban J connectivity index is 1.62. The zero-order chi connectivity index (χ0) is 19.4. The molecule has 0 spiro atoms. The Morgan fingerprint density at radius 3 is 2.67 bits per heavy atom. The number of aromatic nitrogens is 2. The fourth-order valence-electron chi connectivity index (χ4n) is 3.20. The molecule has 1 aliphatic rings. The molecule has 146 valence electrons. The zero-order valence-corrected chi connectivity index (χ0v) is 15.0. The number of nitrogens with one attached hydrogen (secondary N) is 2. The molecule has 0 unspecified atom stereocenters. The Hall–Kier alpha value is -2.58. The van der Waals surface area contributed by atoms with Crippen LogP contribution in [-0.2, 0) is 6.18 Å². The fraction of sp³-hybridized carbons (Fsp3) is 0.500. The third kappa shape index (κ3) is 4.58. The summed E-state index contributed by atoms with van der Waals surface area (Å²) in [7, 11) is 0. The summed E-state index contributed by atoms with van der Waals surface area (Å²) in [5.41, 5.74) is -0.654. The number of carbonyl (C=O) groups excluding carboxylic acids is 1. The molecule has 1 fully saturated rings. The lowest BCUT2D eigenvalue weighted by Crippen LogP contribution is -2.45. The molecule has 2 aromatic heterocycles. The second kappa shape index (κ2) is 7.98. The summed E-state index contributed by atoms with van der Waals surface area (Å²) in [5, 5.41) is 6.59. The van der Waals surface area contributed by atoms with Gasteiger partial charge in [-0.15, -0.1) is 0 Å². The molecule has 27 heavy (non-hydrogen) atoms. The largest absolute Gasteiger partial charge is 0.433 e. The molecule has 1 saturated heterocycles. The molecule has 2 amide bonds. The van der Waals surface area contributed by atoms with Gasteiger partial charge in [-0.25, -0.2) is 14.8 Å². The lowest BCUT2D eigenvalue weighted by molar-refractivity contribution is -0.140.